The summed E-state index contributed by atoms with van der Waals surface area (Å²) in [6.07, 6.45) is 8.29. The summed E-state index contributed by atoms with van der Waals surface area (Å²) in [5.41, 5.74) is 0. The molecule has 0 fully saturated rings. The van der Waals surface area contributed by atoms with Gasteiger partial charge in [-0.1, -0.05) is 59.8 Å². The molecule has 0 aromatic heterocycles. The zero-order valence-corrected chi connectivity index (χ0v) is 13.1. The van der Waals surface area contributed by atoms with E-state index in [9.17, 15) is 0 Å². The van der Waals surface area contributed by atoms with Gasteiger partial charge < -0.3 is 4.90 Å². The van der Waals surface area contributed by atoms with Crippen LogP contribution in [0.1, 0.15) is 66.2 Å². The first-order chi connectivity index (χ1) is 8.01. The first-order valence-corrected chi connectivity index (χ1v) is 7.65. The van der Waals surface area contributed by atoms with Gasteiger partial charge in [-0.2, -0.15) is 0 Å². The second-order valence-electron chi connectivity index (χ2n) is 6.26. The average molecular weight is 241 g/mol. The molecule has 0 N–H and O–H groups in total. The van der Waals surface area contributed by atoms with E-state index >= 15 is 0 Å². The molecular weight excluding hydrogens is 206 g/mol. The van der Waals surface area contributed by atoms with Crippen LogP contribution in [0.25, 0.3) is 0 Å². The van der Waals surface area contributed by atoms with E-state index in [-0.39, 0.29) is 0 Å². The molecule has 0 aromatic rings. The highest BCUT2D eigenvalue weighted by atomic mass is 15.1. The minimum atomic E-state index is 0.885. The molecule has 0 aliphatic rings. The average Bonchev–Trinajstić information content (AvgIpc) is 2.24. The van der Waals surface area contributed by atoms with Crippen molar-refractivity contribution in [2.75, 3.05) is 20.6 Å². The molecule has 0 heterocycles. The van der Waals surface area contributed by atoms with Gasteiger partial charge in [0.1, 0.15) is 0 Å². The minimum Gasteiger partial charge on any atom is -0.309 e. The van der Waals surface area contributed by atoms with Crippen LogP contribution in [-0.2, 0) is 0 Å². The van der Waals surface area contributed by atoms with Crippen molar-refractivity contribution >= 4 is 0 Å². The minimum absolute atomic E-state index is 0.885. The van der Waals surface area contributed by atoms with Gasteiger partial charge in [0.15, 0.2) is 0 Å². The summed E-state index contributed by atoms with van der Waals surface area (Å²) in [4.78, 5) is 2.36. The molecule has 0 spiro atoms. The Balaban J connectivity index is 4.09. The first kappa shape index (κ1) is 17.0. The van der Waals surface area contributed by atoms with Gasteiger partial charge in [-0.25, -0.2) is 0 Å². The first-order valence-electron chi connectivity index (χ1n) is 7.65. The molecule has 104 valence electrons. The number of rotatable bonds is 10. The fourth-order valence-corrected chi connectivity index (χ4v) is 2.85. The van der Waals surface area contributed by atoms with Crippen molar-refractivity contribution in [3.05, 3.63) is 0 Å². The van der Waals surface area contributed by atoms with E-state index < -0.39 is 0 Å². The molecule has 0 rings (SSSR count). The van der Waals surface area contributed by atoms with Gasteiger partial charge in [0.05, 0.1) is 0 Å². The summed E-state index contributed by atoms with van der Waals surface area (Å²) in [5, 5.41) is 0. The van der Waals surface area contributed by atoms with Gasteiger partial charge in [0.25, 0.3) is 0 Å². The van der Waals surface area contributed by atoms with Crippen molar-refractivity contribution in [1.82, 2.24) is 4.90 Å². The molecular formula is C16H35N. The number of hydrogen-bond acceptors (Lipinski definition) is 1. The van der Waals surface area contributed by atoms with Crippen molar-refractivity contribution in [2.45, 2.75) is 66.2 Å². The van der Waals surface area contributed by atoms with Crippen LogP contribution in [0.15, 0.2) is 0 Å². The summed E-state index contributed by atoms with van der Waals surface area (Å²) in [6.45, 7) is 10.7. The Morgan fingerprint density at radius 1 is 0.824 bits per heavy atom. The maximum absolute atomic E-state index is 2.45. The highest BCUT2D eigenvalue weighted by Crippen LogP contribution is 2.25. The lowest BCUT2D eigenvalue weighted by Gasteiger charge is -2.28. The summed E-state index contributed by atoms with van der Waals surface area (Å²) in [6, 6.07) is 0. The van der Waals surface area contributed by atoms with Crippen molar-refractivity contribution < 1.29 is 0 Å². The van der Waals surface area contributed by atoms with E-state index in [1.54, 1.807) is 0 Å². The molecule has 3 unspecified atom stereocenters. The van der Waals surface area contributed by atoms with Gasteiger partial charge in [-0.3, -0.25) is 0 Å². The predicted octanol–water partition coefficient (Wildman–Crippen LogP) is 4.82. The van der Waals surface area contributed by atoms with Crippen LogP contribution in [0.3, 0.4) is 0 Å². The lowest BCUT2D eigenvalue weighted by molar-refractivity contribution is 0.221. The number of nitrogens with zero attached hydrogens (tertiary/aromatic N) is 1. The third kappa shape index (κ3) is 8.65. The van der Waals surface area contributed by atoms with Crippen molar-refractivity contribution in [3.8, 4) is 0 Å². The summed E-state index contributed by atoms with van der Waals surface area (Å²) in [5.74, 6) is 2.69. The van der Waals surface area contributed by atoms with E-state index in [0.717, 1.165) is 17.8 Å². The second kappa shape index (κ2) is 9.94. The Hall–Kier alpha value is -0.0400. The van der Waals surface area contributed by atoms with E-state index in [4.69, 9.17) is 0 Å². The lowest BCUT2D eigenvalue weighted by atomic mass is 9.84. The Morgan fingerprint density at radius 3 is 1.88 bits per heavy atom. The molecule has 0 radical (unpaired) electrons. The Labute approximate surface area is 110 Å². The smallest absolute Gasteiger partial charge is 0.000611 e. The lowest BCUT2D eigenvalue weighted by Crippen LogP contribution is -2.27. The van der Waals surface area contributed by atoms with Gasteiger partial charge in [0, 0.05) is 6.54 Å². The third-order valence-corrected chi connectivity index (χ3v) is 3.96. The van der Waals surface area contributed by atoms with Crippen molar-refractivity contribution in [2.24, 2.45) is 17.8 Å². The maximum Gasteiger partial charge on any atom is 0.000611 e. The third-order valence-electron chi connectivity index (χ3n) is 3.96. The fraction of sp³-hybridized carbons (Fsp3) is 1.00. The Kier molecular flexibility index (Phi) is 9.91. The van der Waals surface area contributed by atoms with Crippen LogP contribution >= 0.6 is 0 Å². The SMILES string of the molecule is CCCC(C)CCC(CN(C)C)C(C)CCC. The second-order valence-corrected chi connectivity index (χ2v) is 6.26. The highest BCUT2D eigenvalue weighted by molar-refractivity contribution is 4.70. The zero-order valence-electron chi connectivity index (χ0n) is 13.1. The molecule has 3 atom stereocenters. The van der Waals surface area contributed by atoms with E-state index in [2.05, 4.69) is 46.7 Å². The summed E-state index contributed by atoms with van der Waals surface area (Å²) in [7, 11) is 4.42. The molecule has 17 heavy (non-hydrogen) atoms. The number of hydrogen-bond donors (Lipinski definition) is 0. The van der Waals surface area contributed by atoms with Crippen LogP contribution in [-0.4, -0.2) is 25.5 Å². The van der Waals surface area contributed by atoms with E-state index in [1.165, 1.54) is 45.1 Å². The summed E-state index contributed by atoms with van der Waals surface area (Å²) < 4.78 is 0. The molecule has 0 saturated carbocycles. The quantitative estimate of drug-likeness (QED) is 0.530. The molecule has 0 saturated heterocycles. The van der Waals surface area contributed by atoms with E-state index in [0.29, 0.717) is 0 Å². The van der Waals surface area contributed by atoms with Crippen LogP contribution in [0.5, 0.6) is 0 Å². The van der Waals surface area contributed by atoms with Gasteiger partial charge in [-0.15, -0.1) is 0 Å². The van der Waals surface area contributed by atoms with Crippen LogP contribution in [0.2, 0.25) is 0 Å². The van der Waals surface area contributed by atoms with Crippen molar-refractivity contribution in [1.29, 1.82) is 0 Å². The van der Waals surface area contributed by atoms with Crippen molar-refractivity contribution in [3.63, 3.8) is 0 Å². The van der Waals surface area contributed by atoms with Crippen LogP contribution in [0.4, 0.5) is 0 Å². The Bertz CT molecular complexity index is 165. The molecule has 0 aromatic carbocycles. The monoisotopic (exact) mass is 241 g/mol. The molecule has 1 heteroatoms. The highest BCUT2D eigenvalue weighted by Gasteiger charge is 2.18. The van der Waals surface area contributed by atoms with Gasteiger partial charge >= 0.3 is 0 Å². The molecule has 0 bridgehead atoms. The summed E-state index contributed by atoms with van der Waals surface area (Å²) >= 11 is 0. The normalized spacial score (nSPS) is 17.1. The fourth-order valence-electron chi connectivity index (χ4n) is 2.85. The van der Waals surface area contributed by atoms with E-state index in [1.807, 2.05) is 0 Å². The van der Waals surface area contributed by atoms with Crippen LogP contribution in [0, 0.1) is 17.8 Å². The molecule has 0 aliphatic heterocycles. The van der Waals surface area contributed by atoms with Crippen LogP contribution < -0.4 is 0 Å². The Morgan fingerprint density at radius 2 is 1.41 bits per heavy atom. The topological polar surface area (TPSA) is 3.24 Å². The largest absolute Gasteiger partial charge is 0.309 e. The zero-order chi connectivity index (χ0) is 13.3. The van der Waals surface area contributed by atoms with Gasteiger partial charge in [0.2, 0.25) is 0 Å². The maximum atomic E-state index is 2.45. The van der Waals surface area contributed by atoms with Gasteiger partial charge in [-0.05, 0) is 38.3 Å². The standard InChI is InChI=1S/C16H35N/c1-7-9-14(3)11-12-16(13-17(5)6)15(4)10-8-2/h14-16H,7-13H2,1-6H3. The predicted molar refractivity (Wildman–Crippen MR) is 79.4 cm³/mol. The molecule has 0 amide bonds. The molecule has 1 nitrogen and oxygen atoms in total. The molecule has 0 aliphatic carbocycles.